The van der Waals surface area contributed by atoms with Crippen molar-refractivity contribution in [1.29, 1.82) is 0 Å². The zero-order chi connectivity index (χ0) is 17.3. The molecule has 0 unspecified atom stereocenters. The second-order valence-electron chi connectivity index (χ2n) is 8.03. The SMILES string of the molecule is Cc1nc2ncnn2c(N)c1C#C[C@]1(O)C[C@@H]2CC[C@@]1(C)C2(C)C. The van der Waals surface area contributed by atoms with E-state index in [4.69, 9.17) is 5.73 Å². The van der Waals surface area contributed by atoms with E-state index >= 15 is 0 Å². The molecule has 3 N–H and O–H groups in total. The molecule has 2 aliphatic rings. The molecule has 4 rings (SSSR count). The summed E-state index contributed by atoms with van der Waals surface area (Å²) in [5, 5.41) is 15.4. The van der Waals surface area contributed by atoms with Gasteiger partial charge in [-0.2, -0.15) is 14.6 Å². The predicted octanol–water partition coefficient (Wildman–Crippen LogP) is 1.94. The van der Waals surface area contributed by atoms with Gasteiger partial charge in [0.05, 0.1) is 11.3 Å². The van der Waals surface area contributed by atoms with Crippen LogP contribution in [0, 0.1) is 35.5 Å². The fourth-order valence-electron chi connectivity index (χ4n) is 4.76. The lowest BCUT2D eigenvalue weighted by Crippen LogP contribution is -2.46. The van der Waals surface area contributed by atoms with Crippen molar-refractivity contribution in [3.8, 4) is 11.8 Å². The van der Waals surface area contributed by atoms with Crippen molar-refractivity contribution >= 4 is 11.6 Å². The average molecular weight is 325 g/mol. The highest BCUT2D eigenvalue weighted by molar-refractivity contribution is 5.58. The van der Waals surface area contributed by atoms with E-state index in [0.29, 0.717) is 28.8 Å². The number of nitrogen functional groups attached to an aromatic ring is 1. The monoisotopic (exact) mass is 325 g/mol. The Bertz CT molecular complexity index is 905. The summed E-state index contributed by atoms with van der Waals surface area (Å²) in [5.41, 5.74) is 6.41. The summed E-state index contributed by atoms with van der Waals surface area (Å²) >= 11 is 0. The number of rotatable bonds is 0. The van der Waals surface area contributed by atoms with E-state index in [1.807, 2.05) is 6.92 Å². The standard InChI is InChI=1S/C18H23N5O/c1-11-13(14(19)23-15(22-11)20-10-21-23)6-8-18(24)9-12-5-7-17(18,4)16(12,2)3/h10,12,24H,5,7,9,19H2,1-4H3/t12-,17-,18-/m0/s1. The normalized spacial score (nSPS) is 33.6. The molecule has 2 bridgehead atoms. The smallest absolute Gasteiger partial charge is 0.254 e. The van der Waals surface area contributed by atoms with Crippen LogP contribution in [0.25, 0.3) is 5.78 Å². The van der Waals surface area contributed by atoms with Crippen LogP contribution in [0.5, 0.6) is 0 Å². The molecule has 0 saturated heterocycles. The minimum atomic E-state index is -0.990. The van der Waals surface area contributed by atoms with Crippen molar-refractivity contribution in [2.24, 2.45) is 16.7 Å². The molecule has 0 amide bonds. The lowest BCUT2D eigenvalue weighted by Gasteiger charge is -2.42. The van der Waals surface area contributed by atoms with Gasteiger partial charge in [-0.1, -0.05) is 32.6 Å². The van der Waals surface area contributed by atoms with Crippen LogP contribution in [0.3, 0.4) is 0 Å². The minimum Gasteiger partial charge on any atom is -0.382 e. The van der Waals surface area contributed by atoms with Crippen molar-refractivity contribution in [3.05, 3.63) is 17.6 Å². The molecule has 2 heterocycles. The van der Waals surface area contributed by atoms with Crippen molar-refractivity contribution in [3.63, 3.8) is 0 Å². The Hall–Kier alpha value is -2.13. The first-order chi connectivity index (χ1) is 11.2. The first kappa shape index (κ1) is 15.4. The number of hydrogen-bond acceptors (Lipinski definition) is 5. The van der Waals surface area contributed by atoms with Gasteiger partial charge < -0.3 is 10.8 Å². The van der Waals surface area contributed by atoms with E-state index in [-0.39, 0.29) is 10.8 Å². The maximum absolute atomic E-state index is 11.3. The average Bonchev–Trinajstić information content (AvgIpc) is 3.09. The topological polar surface area (TPSA) is 89.3 Å². The van der Waals surface area contributed by atoms with Crippen LogP contribution in [0.15, 0.2) is 6.33 Å². The Morgan fingerprint density at radius 3 is 2.75 bits per heavy atom. The molecule has 2 aliphatic carbocycles. The molecular formula is C18H23N5O. The fraction of sp³-hybridized carbons (Fsp3) is 0.611. The molecule has 2 fully saturated rings. The van der Waals surface area contributed by atoms with E-state index in [1.54, 1.807) is 0 Å². The van der Waals surface area contributed by atoms with Gasteiger partial charge in [0, 0.05) is 5.41 Å². The Labute approximate surface area is 141 Å². The third kappa shape index (κ3) is 1.68. The number of nitrogens with two attached hydrogens (primary N) is 1. The van der Waals surface area contributed by atoms with Gasteiger partial charge in [-0.05, 0) is 37.5 Å². The van der Waals surface area contributed by atoms with Gasteiger partial charge in [0.1, 0.15) is 17.7 Å². The molecule has 0 radical (unpaired) electrons. The Kier molecular flexibility index (Phi) is 2.88. The molecule has 6 nitrogen and oxygen atoms in total. The third-order valence-corrected chi connectivity index (χ3v) is 6.93. The van der Waals surface area contributed by atoms with Crippen molar-refractivity contribution in [1.82, 2.24) is 19.6 Å². The first-order valence-electron chi connectivity index (χ1n) is 8.41. The Balaban J connectivity index is 1.81. The van der Waals surface area contributed by atoms with E-state index in [2.05, 4.69) is 47.7 Å². The molecule has 2 aromatic rings. The molecule has 2 saturated carbocycles. The number of aryl methyl sites for hydroxylation is 1. The summed E-state index contributed by atoms with van der Waals surface area (Å²) in [6.45, 7) is 8.54. The van der Waals surface area contributed by atoms with Gasteiger partial charge in [0.15, 0.2) is 0 Å². The van der Waals surface area contributed by atoms with E-state index in [0.717, 1.165) is 12.8 Å². The number of nitrogens with zero attached hydrogens (tertiary/aromatic N) is 4. The minimum absolute atomic E-state index is 0.0884. The van der Waals surface area contributed by atoms with Crippen LogP contribution in [0.4, 0.5) is 5.82 Å². The van der Waals surface area contributed by atoms with Gasteiger partial charge in [-0.25, -0.2) is 4.98 Å². The van der Waals surface area contributed by atoms with Gasteiger partial charge in [-0.3, -0.25) is 0 Å². The van der Waals surface area contributed by atoms with Crippen LogP contribution in [0.2, 0.25) is 0 Å². The molecule has 3 atom stereocenters. The number of anilines is 1. The maximum Gasteiger partial charge on any atom is 0.254 e. The zero-order valence-electron chi connectivity index (χ0n) is 14.6. The molecule has 0 spiro atoms. The van der Waals surface area contributed by atoms with Gasteiger partial charge in [0.25, 0.3) is 5.78 Å². The Morgan fingerprint density at radius 1 is 1.38 bits per heavy atom. The van der Waals surface area contributed by atoms with Crippen LogP contribution >= 0.6 is 0 Å². The number of aliphatic hydroxyl groups is 1. The molecular weight excluding hydrogens is 302 g/mol. The quantitative estimate of drug-likeness (QED) is 0.723. The highest BCUT2D eigenvalue weighted by atomic mass is 16.3. The molecule has 2 aromatic heterocycles. The fourth-order valence-corrected chi connectivity index (χ4v) is 4.76. The lowest BCUT2D eigenvalue weighted by molar-refractivity contribution is -0.0432. The second-order valence-corrected chi connectivity index (χ2v) is 8.03. The van der Waals surface area contributed by atoms with Crippen molar-refractivity contribution in [2.75, 3.05) is 5.73 Å². The lowest BCUT2D eigenvalue weighted by atomic mass is 9.64. The maximum atomic E-state index is 11.3. The first-order valence-corrected chi connectivity index (χ1v) is 8.41. The highest BCUT2D eigenvalue weighted by Crippen LogP contribution is 2.69. The van der Waals surface area contributed by atoms with E-state index < -0.39 is 5.60 Å². The molecule has 6 heteroatoms. The van der Waals surface area contributed by atoms with Crippen LogP contribution in [-0.2, 0) is 0 Å². The number of fused-ring (bicyclic) bond motifs is 3. The van der Waals surface area contributed by atoms with Crippen LogP contribution < -0.4 is 5.73 Å². The van der Waals surface area contributed by atoms with Crippen molar-refractivity contribution in [2.45, 2.75) is 52.6 Å². The largest absolute Gasteiger partial charge is 0.382 e. The summed E-state index contributed by atoms with van der Waals surface area (Å²) in [5.74, 6) is 7.67. The zero-order valence-corrected chi connectivity index (χ0v) is 14.6. The van der Waals surface area contributed by atoms with Gasteiger partial charge in [0.2, 0.25) is 0 Å². The summed E-state index contributed by atoms with van der Waals surface area (Å²) in [6, 6.07) is 0. The molecule has 126 valence electrons. The summed E-state index contributed by atoms with van der Waals surface area (Å²) in [7, 11) is 0. The molecule has 0 aliphatic heterocycles. The third-order valence-electron chi connectivity index (χ3n) is 6.93. The highest BCUT2D eigenvalue weighted by Gasteiger charge is 2.68. The number of hydrogen-bond donors (Lipinski definition) is 2. The van der Waals surface area contributed by atoms with Gasteiger partial charge in [-0.15, -0.1) is 0 Å². The van der Waals surface area contributed by atoms with E-state index in [1.165, 1.54) is 17.3 Å². The summed E-state index contributed by atoms with van der Waals surface area (Å²) in [4.78, 5) is 8.44. The van der Waals surface area contributed by atoms with E-state index in [9.17, 15) is 5.11 Å². The summed E-state index contributed by atoms with van der Waals surface area (Å²) in [6.07, 6.45) is 4.32. The van der Waals surface area contributed by atoms with Gasteiger partial charge >= 0.3 is 0 Å². The predicted molar refractivity (Wildman–Crippen MR) is 91.0 cm³/mol. The van der Waals surface area contributed by atoms with Crippen LogP contribution in [0.1, 0.15) is 51.3 Å². The molecule has 0 aromatic carbocycles. The summed E-state index contributed by atoms with van der Waals surface area (Å²) < 4.78 is 1.48. The Morgan fingerprint density at radius 2 is 2.12 bits per heavy atom. The second kappa shape index (κ2) is 4.48. The van der Waals surface area contributed by atoms with Crippen LogP contribution in [-0.4, -0.2) is 30.3 Å². The number of aromatic nitrogens is 4. The molecule has 24 heavy (non-hydrogen) atoms. The van der Waals surface area contributed by atoms with Crippen molar-refractivity contribution < 1.29 is 5.11 Å².